The lowest BCUT2D eigenvalue weighted by molar-refractivity contribution is -0.116. The molecular weight excluding hydrogens is 430 g/mol. The molecule has 0 saturated heterocycles. The number of nitrogens with zero attached hydrogens (tertiary/aromatic N) is 2. The van der Waals surface area contributed by atoms with Gasteiger partial charge in [-0.3, -0.25) is 4.79 Å². The van der Waals surface area contributed by atoms with Gasteiger partial charge in [0.15, 0.2) is 0 Å². The molecule has 164 valence electrons. The normalized spacial score (nSPS) is 10.7. The van der Waals surface area contributed by atoms with Gasteiger partial charge in [0.2, 0.25) is 5.91 Å². The average Bonchev–Trinajstić information content (AvgIpc) is 3.15. The highest BCUT2D eigenvalue weighted by molar-refractivity contribution is 6.30. The van der Waals surface area contributed by atoms with E-state index in [2.05, 4.69) is 10.3 Å². The zero-order valence-corrected chi connectivity index (χ0v) is 18.4. The third kappa shape index (κ3) is 4.78. The van der Waals surface area contributed by atoms with Crippen LogP contribution in [0.4, 0.5) is 5.69 Å². The van der Waals surface area contributed by atoms with Crippen LogP contribution in [0.25, 0.3) is 11.0 Å². The molecule has 1 amide bonds. The Kier molecular flexibility index (Phi) is 6.47. The first-order chi connectivity index (χ1) is 15.6. The van der Waals surface area contributed by atoms with E-state index >= 15 is 0 Å². The SMILES string of the molecule is COc1ccc(OC)c(NC(=O)Cn2c(COc3ccc(Cl)cc3)nc3ccccc32)c1. The maximum Gasteiger partial charge on any atom is 0.244 e. The van der Waals surface area contributed by atoms with E-state index in [9.17, 15) is 4.79 Å². The number of nitrogens with one attached hydrogen (secondary N) is 1. The van der Waals surface area contributed by atoms with Crippen LogP contribution in [0.5, 0.6) is 17.2 Å². The highest BCUT2D eigenvalue weighted by Crippen LogP contribution is 2.29. The number of ether oxygens (including phenoxy) is 3. The van der Waals surface area contributed by atoms with Crippen molar-refractivity contribution >= 4 is 34.2 Å². The Morgan fingerprint density at radius 1 is 1.00 bits per heavy atom. The van der Waals surface area contributed by atoms with Gasteiger partial charge < -0.3 is 24.1 Å². The van der Waals surface area contributed by atoms with Crippen LogP contribution in [-0.2, 0) is 17.9 Å². The molecule has 4 rings (SSSR count). The van der Waals surface area contributed by atoms with Crippen molar-refractivity contribution in [3.63, 3.8) is 0 Å². The highest BCUT2D eigenvalue weighted by atomic mass is 35.5. The molecule has 1 aromatic heterocycles. The molecule has 0 saturated carbocycles. The number of hydrogen-bond acceptors (Lipinski definition) is 5. The number of benzene rings is 3. The summed E-state index contributed by atoms with van der Waals surface area (Å²) in [5.41, 5.74) is 2.16. The molecule has 0 aliphatic heterocycles. The van der Waals surface area contributed by atoms with Gasteiger partial charge >= 0.3 is 0 Å². The number of hydrogen-bond donors (Lipinski definition) is 1. The van der Waals surface area contributed by atoms with Gasteiger partial charge in [0.1, 0.15) is 36.2 Å². The molecule has 0 fully saturated rings. The van der Waals surface area contributed by atoms with Crippen molar-refractivity contribution in [3.8, 4) is 17.2 Å². The zero-order chi connectivity index (χ0) is 22.5. The van der Waals surface area contributed by atoms with Gasteiger partial charge in [0, 0.05) is 11.1 Å². The second-order valence-corrected chi connectivity index (χ2v) is 7.40. The van der Waals surface area contributed by atoms with E-state index < -0.39 is 0 Å². The third-order valence-corrected chi connectivity index (χ3v) is 5.15. The molecule has 0 aliphatic carbocycles. The minimum atomic E-state index is -0.229. The van der Waals surface area contributed by atoms with E-state index in [4.69, 9.17) is 25.8 Å². The van der Waals surface area contributed by atoms with Gasteiger partial charge in [-0.15, -0.1) is 0 Å². The molecule has 4 aromatic rings. The molecule has 0 spiro atoms. The first kappa shape index (κ1) is 21.5. The summed E-state index contributed by atoms with van der Waals surface area (Å²) in [5, 5.41) is 3.53. The van der Waals surface area contributed by atoms with Crippen LogP contribution in [0.1, 0.15) is 5.82 Å². The maximum absolute atomic E-state index is 12.9. The monoisotopic (exact) mass is 451 g/mol. The van der Waals surface area contributed by atoms with Crippen LogP contribution >= 0.6 is 11.6 Å². The number of imidazole rings is 1. The van der Waals surface area contributed by atoms with Crippen molar-refractivity contribution in [1.29, 1.82) is 0 Å². The molecule has 1 N–H and O–H groups in total. The van der Waals surface area contributed by atoms with Crippen LogP contribution in [-0.4, -0.2) is 29.7 Å². The molecule has 0 unspecified atom stereocenters. The molecule has 7 nitrogen and oxygen atoms in total. The third-order valence-electron chi connectivity index (χ3n) is 4.90. The number of halogens is 1. The van der Waals surface area contributed by atoms with Gasteiger partial charge in [-0.05, 0) is 48.5 Å². The number of carbonyl (C=O) groups is 1. The van der Waals surface area contributed by atoms with E-state index in [0.717, 1.165) is 11.0 Å². The molecule has 1 heterocycles. The Morgan fingerprint density at radius 2 is 1.75 bits per heavy atom. The summed E-state index contributed by atoms with van der Waals surface area (Å²) >= 11 is 5.94. The summed E-state index contributed by atoms with van der Waals surface area (Å²) in [6.45, 7) is 0.256. The number of fused-ring (bicyclic) bond motifs is 1. The zero-order valence-electron chi connectivity index (χ0n) is 17.7. The lowest BCUT2D eigenvalue weighted by atomic mass is 10.2. The van der Waals surface area contributed by atoms with Gasteiger partial charge in [0.25, 0.3) is 0 Å². The minimum absolute atomic E-state index is 0.0557. The average molecular weight is 452 g/mol. The van der Waals surface area contributed by atoms with Crippen molar-refractivity contribution in [2.24, 2.45) is 0 Å². The summed E-state index contributed by atoms with van der Waals surface area (Å²) in [4.78, 5) is 17.6. The van der Waals surface area contributed by atoms with Crippen LogP contribution < -0.4 is 19.5 Å². The Balaban J connectivity index is 1.57. The number of carbonyl (C=O) groups excluding carboxylic acids is 1. The lowest BCUT2D eigenvalue weighted by Crippen LogP contribution is -2.21. The molecular formula is C24H22ClN3O4. The standard InChI is InChI=1S/C24H22ClN3O4/c1-30-18-11-12-22(31-2)20(13-18)27-24(29)14-28-21-6-4-3-5-19(21)26-23(28)15-32-17-9-7-16(25)8-10-17/h3-13H,14-15H2,1-2H3,(H,27,29). The van der Waals surface area contributed by atoms with E-state index in [1.165, 1.54) is 0 Å². The first-order valence-corrected chi connectivity index (χ1v) is 10.3. The van der Waals surface area contributed by atoms with E-state index in [1.54, 1.807) is 56.7 Å². The maximum atomic E-state index is 12.9. The van der Waals surface area contributed by atoms with Gasteiger partial charge in [-0.2, -0.15) is 0 Å². The Morgan fingerprint density at radius 3 is 2.50 bits per heavy atom. The largest absolute Gasteiger partial charge is 0.497 e. The fraction of sp³-hybridized carbons (Fsp3) is 0.167. The number of para-hydroxylation sites is 2. The Hall–Kier alpha value is -3.71. The van der Waals surface area contributed by atoms with Crippen molar-refractivity contribution in [3.05, 3.63) is 77.6 Å². The van der Waals surface area contributed by atoms with E-state index in [-0.39, 0.29) is 19.1 Å². The van der Waals surface area contributed by atoms with Gasteiger partial charge in [0.05, 0.1) is 30.9 Å². The van der Waals surface area contributed by atoms with Crippen LogP contribution in [0.15, 0.2) is 66.7 Å². The number of rotatable bonds is 8. The number of methoxy groups -OCH3 is 2. The number of anilines is 1. The van der Waals surface area contributed by atoms with Crippen LogP contribution in [0.3, 0.4) is 0 Å². The fourth-order valence-corrected chi connectivity index (χ4v) is 3.46. The second-order valence-electron chi connectivity index (χ2n) is 6.96. The summed E-state index contributed by atoms with van der Waals surface area (Å²) in [7, 11) is 3.12. The molecule has 32 heavy (non-hydrogen) atoms. The number of amides is 1. The topological polar surface area (TPSA) is 74.6 Å². The summed E-state index contributed by atoms with van der Waals surface area (Å²) in [6.07, 6.45) is 0. The quantitative estimate of drug-likeness (QED) is 0.411. The van der Waals surface area contributed by atoms with Crippen molar-refractivity contribution in [1.82, 2.24) is 9.55 Å². The molecule has 8 heteroatoms. The molecule has 0 atom stereocenters. The summed E-state index contributed by atoms with van der Waals surface area (Å²) in [6, 6.07) is 20.0. The molecule has 0 bridgehead atoms. The van der Waals surface area contributed by atoms with E-state index in [1.807, 2.05) is 28.8 Å². The second kappa shape index (κ2) is 9.62. The van der Waals surface area contributed by atoms with Crippen LogP contribution in [0, 0.1) is 0 Å². The lowest BCUT2D eigenvalue weighted by Gasteiger charge is -2.14. The number of aromatic nitrogens is 2. The smallest absolute Gasteiger partial charge is 0.244 e. The first-order valence-electron chi connectivity index (χ1n) is 9.92. The Labute approximate surface area is 190 Å². The van der Waals surface area contributed by atoms with Crippen molar-refractivity contribution < 1.29 is 19.0 Å². The van der Waals surface area contributed by atoms with Gasteiger partial charge in [-0.1, -0.05) is 23.7 Å². The molecule has 0 radical (unpaired) electrons. The van der Waals surface area contributed by atoms with Crippen molar-refractivity contribution in [2.75, 3.05) is 19.5 Å². The van der Waals surface area contributed by atoms with Crippen LogP contribution in [0.2, 0.25) is 5.02 Å². The fourth-order valence-electron chi connectivity index (χ4n) is 3.34. The van der Waals surface area contributed by atoms with Gasteiger partial charge in [-0.25, -0.2) is 4.98 Å². The molecule has 0 aliphatic rings. The predicted octanol–water partition coefficient (Wildman–Crippen LogP) is 4.92. The van der Waals surface area contributed by atoms with E-state index in [0.29, 0.717) is 33.8 Å². The van der Waals surface area contributed by atoms with Crippen molar-refractivity contribution in [2.45, 2.75) is 13.2 Å². The predicted molar refractivity (Wildman–Crippen MR) is 124 cm³/mol. The summed E-state index contributed by atoms with van der Waals surface area (Å²) in [5.74, 6) is 2.23. The Bertz CT molecular complexity index is 1240. The minimum Gasteiger partial charge on any atom is -0.497 e. The highest BCUT2D eigenvalue weighted by Gasteiger charge is 2.16. The summed E-state index contributed by atoms with van der Waals surface area (Å²) < 4.78 is 18.3. The molecule has 3 aromatic carbocycles.